The molecule has 0 atom stereocenters. The molecular formula is C14H15ClFN3O. The Hall–Kier alpha value is -1.88. The summed E-state index contributed by atoms with van der Waals surface area (Å²) in [6, 6.07) is 4.03. The zero-order valence-corrected chi connectivity index (χ0v) is 12.0. The van der Waals surface area contributed by atoms with Gasteiger partial charge in [-0.3, -0.25) is 4.79 Å². The van der Waals surface area contributed by atoms with Crippen molar-refractivity contribution in [2.45, 2.75) is 26.3 Å². The van der Waals surface area contributed by atoms with Gasteiger partial charge in [0.2, 0.25) is 5.91 Å². The SMILES string of the molecule is CC(C)c1nccn1CC(=O)Nc1cc(Cl)ccc1F. The van der Waals surface area contributed by atoms with Gasteiger partial charge in [0.05, 0.1) is 5.69 Å². The van der Waals surface area contributed by atoms with Crippen molar-refractivity contribution in [2.75, 3.05) is 5.32 Å². The molecule has 1 amide bonds. The minimum absolute atomic E-state index is 0.0775. The van der Waals surface area contributed by atoms with E-state index in [1.165, 1.54) is 18.2 Å². The highest BCUT2D eigenvalue weighted by Crippen LogP contribution is 2.19. The summed E-state index contributed by atoms with van der Waals surface area (Å²) in [5.74, 6) is 0.177. The Morgan fingerprint density at radius 1 is 1.50 bits per heavy atom. The fourth-order valence-corrected chi connectivity index (χ4v) is 2.06. The van der Waals surface area contributed by atoms with Gasteiger partial charge in [-0.05, 0) is 18.2 Å². The molecule has 106 valence electrons. The molecule has 0 unspecified atom stereocenters. The molecule has 0 saturated carbocycles. The quantitative estimate of drug-likeness (QED) is 0.939. The van der Waals surface area contributed by atoms with Gasteiger partial charge in [0.1, 0.15) is 18.2 Å². The fourth-order valence-electron chi connectivity index (χ4n) is 1.89. The lowest BCUT2D eigenvalue weighted by Gasteiger charge is -2.11. The lowest BCUT2D eigenvalue weighted by Crippen LogP contribution is -2.20. The Morgan fingerprint density at radius 2 is 2.25 bits per heavy atom. The number of halogens is 2. The van der Waals surface area contributed by atoms with Gasteiger partial charge < -0.3 is 9.88 Å². The molecule has 0 aliphatic heterocycles. The fraction of sp³-hybridized carbons (Fsp3) is 0.286. The summed E-state index contributed by atoms with van der Waals surface area (Å²) in [5, 5.41) is 2.88. The van der Waals surface area contributed by atoms with Crippen molar-refractivity contribution in [3.63, 3.8) is 0 Å². The van der Waals surface area contributed by atoms with Crippen LogP contribution in [-0.2, 0) is 11.3 Å². The van der Waals surface area contributed by atoms with E-state index in [4.69, 9.17) is 11.6 Å². The van der Waals surface area contributed by atoms with Crippen LogP contribution in [0.5, 0.6) is 0 Å². The summed E-state index contributed by atoms with van der Waals surface area (Å²) in [6.45, 7) is 4.07. The highest BCUT2D eigenvalue weighted by molar-refractivity contribution is 6.30. The summed E-state index contributed by atoms with van der Waals surface area (Å²) >= 11 is 5.78. The van der Waals surface area contributed by atoms with Gasteiger partial charge in [-0.1, -0.05) is 25.4 Å². The van der Waals surface area contributed by atoms with Gasteiger partial charge in [0.25, 0.3) is 0 Å². The smallest absolute Gasteiger partial charge is 0.244 e. The second-order valence-corrected chi connectivity index (χ2v) is 5.18. The molecule has 2 rings (SSSR count). The molecule has 4 nitrogen and oxygen atoms in total. The third-order valence-electron chi connectivity index (χ3n) is 2.78. The minimum atomic E-state index is -0.516. The predicted molar refractivity (Wildman–Crippen MR) is 76.4 cm³/mol. The van der Waals surface area contributed by atoms with Crippen molar-refractivity contribution in [1.82, 2.24) is 9.55 Å². The largest absolute Gasteiger partial charge is 0.325 e. The summed E-state index contributed by atoms with van der Waals surface area (Å²) < 4.78 is 15.3. The number of benzene rings is 1. The van der Waals surface area contributed by atoms with Crippen molar-refractivity contribution >= 4 is 23.2 Å². The molecule has 2 aromatic rings. The maximum absolute atomic E-state index is 13.5. The molecule has 20 heavy (non-hydrogen) atoms. The van der Waals surface area contributed by atoms with Crippen LogP contribution in [0.3, 0.4) is 0 Å². The average molecular weight is 296 g/mol. The van der Waals surface area contributed by atoms with Gasteiger partial charge in [-0.25, -0.2) is 9.37 Å². The maximum Gasteiger partial charge on any atom is 0.244 e. The molecule has 0 fully saturated rings. The lowest BCUT2D eigenvalue weighted by molar-refractivity contribution is -0.116. The average Bonchev–Trinajstić information content (AvgIpc) is 2.82. The maximum atomic E-state index is 13.5. The number of nitrogens with zero attached hydrogens (tertiary/aromatic N) is 2. The number of anilines is 1. The summed E-state index contributed by atoms with van der Waals surface area (Å²) in [6.07, 6.45) is 3.37. The van der Waals surface area contributed by atoms with Crippen LogP contribution in [0, 0.1) is 5.82 Å². The second-order valence-electron chi connectivity index (χ2n) is 4.74. The van der Waals surface area contributed by atoms with Gasteiger partial charge >= 0.3 is 0 Å². The molecule has 6 heteroatoms. The number of nitrogens with one attached hydrogen (secondary N) is 1. The predicted octanol–water partition coefficient (Wildman–Crippen LogP) is 3.44. The highest BCUT2D eigenvalue weighted by Gasteiger charge is 2.12. The van der Waals surface area contributed by atoms with E-state index in [9.17, 15) is 9.18 Å². The van der Waals surface area contributed by atoms with Crippen LogP contribution in [0.15, 0.2) is 30.6 Å². The summed E-state index contributed by atoms with van der Waals surface area (Å²) in [5.41, 5.74) is 0.0775. The van der Waals surface area contributed by atoms with Crippen LogP contribution in [0.2, 0.25) is 5.02 Å². The van der Waals surface area contributed by atoms with Gasteiger partial charge in [0, 0.05) is 23.3 Å². The first-order valence-electron chi connectivity index (χ1n) is 6.23. The Balaban J connectivity index is 2.09. The molecule has 0 bridgehead atoms. The van der Waals surface area contributed by atoms with E-state index >= 15 is 0 Å². The van der Waals surface area contributed by atoms with Crippen LogP contribution in [-0.4, -0.2) is 15.5 Å². The molecule has 1 N–H and O–H groups in total. The third-order valence-corrected chi connectivity index (χ3v) is 3.02. The number of hydrogen-bond acceptors (Lipinski definition) is 2. The normalized spacial score (nSPS) is 10.8. The molecule has 0 radical (unpaired) electrons. The molecule has 0 saturated heterocycles. The zero-order chi connectivity index (χ0) is 14.7. The topological polar surface area (TPSA) is 46.9 Å². The van der Waals surface area contributed by atoms with E-state index in [1.54, 1.807) is 17.0 Å². The van der Waals surface area contributed by atoms with Crippen molar-refractivity contribution in [1.29, 1.82) is 0 Å². The van der Waals surface area contributed by atoms with Crippen molar-refractivity contribution in [3.8, 4) is 0 Å². The van der Waals surface area contributed by atoms with E-state index in [2.05, 4.69) is 10.3 Å². The van der Waals surface area contributed by atoms with E-state index in [0.717, 1.165) is 5.82 Å². The van der Waals surface area contributed by atoms with E-state index < -0.39 is 5.82 Å². The van der Waals surface area contributed by atoms with Crippen LogP contribution in [0.1, 0.15) is 25.6 Å². The summed E-state index contributed by atoms with van der Waals surface area (Å²) in [4.78, 5) is 16.1. The number of amides is 1. The Labute approximate surface area is 121 Å². The monoisotopic (exact) mass is 295 g/mol. The minimum Gasteiger partial charge on any atom is -0.325 e. The first-order valence-corrected chi connectivity index (χ1v) is 6.61. The van der Waals surface area contributed by atoms with Gasteiger partial charge in [-0.15, -0.1) is 0 Å². The lowest BCUT2D eigenvalue weighted by atomic mass is 10.2. The molecule has 1 aromatic heterocycles. The van der Waals surface area contributed by atoms with Crippen LogP contribution >= 0.6 is 11.6 Å². The van der Waals surface area contributed by atoms with Crippen molar-refractivity contribution in [2.24, 2.45) is 0 Å². The number of carbonyl (C=O) groups is 1. The number of carbonyl (C=O) groups excluding carboxylic acids is 1. The van der Waals surface area contributed by atoms with E-state index in [-0.39, 0.29) is 24.1 Å². The Bertz CT molecular complexity index is 625. The molecule has 0 spiro atoms. The van der Waals surface area contributed by atoms with Crippen LogP contribution in [0.4, 0.5) is 10.1 Å². The first-order chi connectivity index (χ1) is 9.47. The molecular weight excluding hydrogens is 281 g/mol. The zero-order valence-electron chi connectivity index (χ0n) is 11.2. The van der Waals surface area contributed by atoms with E-state index in [0.29, 0.717) is 5.02 Å². The number of hydrogen-bond donors (Lipinski definition) is 1. The third kappa shape index (κ3) is 3.36. The molecule has 0 aliphatic carbocycles. The second kappa shape index (κ2) is 6.05. The van der Waals surface area contributed by atoms with E-state index in [1.807, 2.05) is 13.8 Å². The Kier molecular flexibility index (Phi) is 4.39. The Morgan fingerprint density at radius 3 is 2.95 bits per heavy atom. The summed E-state index contributed by atoms with van der Waals surface area (Å²) in [7, 11) is 0. The van der Waals surface area contributed by atoms with Crippen LogP contribution < -0.4 is 5.32 Å². The molecule has 1 heterocycles. The number of rotatable bonds is 4. The van der Waals surface area contributed by atoms with Gasteiger partial charge in [-0.2, -0.15) is 0 Å². The van der Waals surface area contributed by atoms with Crippen LogP contribution in [0.25, 0.3) is 0 Å². The molecule has 1 aromatic carbocycles. The van der Waals surface area contributed by atoms with Crippen molar-refractivity contribution in [3.05, 3.63) is 47.3 Å². The number of aromatic nitrogens is 2. The van der Waals surface area contributed by atoms with Crippen molar-refractivity contribution < 1.29 is 9.18 Å². The van der Waals surface area contributed by atoms with Gasteiger partial charge in [0.15, 0.2) is 0 Å². The standard InChI is InChI=1S/C14H15ClFN3O/c1-9(2)14-17-5-6-19(14)8-13(20)18-12-7-10(15)3-4-11(12)16/h3-7,9H,8H2,1-2H3,(H,18,20). The first kappa shape index (κ1) is 14.5. The molecule has 0 aliphatic rings. The highest BCUT2D eigenvalue weighted by atomic mass is 35.5. The number of imidazole rings is 1.